The Kier molecular flexibility index (Phi) is 7.19. The molecule has 4 nitrogen and oxygen atoms in total. The van der Waals surface area contributed by atoms with Crippen LogP contribution in [0.1, 0.15) is 40.5 Å². The minimum atomic E-state index is 0.599. The van der Waals surface area contributed by atoms with Crippen LogP contribution in [0.5, 0.6) is 11.5 Å². The molecule has 0 atom stereocenters. The Bertz CT molecular complexity index is 650. The Hall–Kier alpha value is -2.36. The van der Waals surface area contributed by atoms with Crippen molar-refractivity contribution in [2.24, 2.45) is 11.8 Å². The molecule has 0 aliphatic rings. The summed E-state index contributed by atoms with van der Waals surface area (Å²) in [6.07, 6.45) is 2.00. The predicted molar refractivity (Wildman–Crippen MR) is 111 cm³/mol. The zero-order chi connectivity index (χ0) is 19.1. The average molecular weight is 357 g/mol. The fourth-order valence-corrected chi connectivity index (χ4v) is 2.49. The van der Waals surface area contributed by atoms with Crippen LogP contribution in [0.15, 0.2) is 36.4 Å². The molecule has 0 heterocycles. The van der Waals surface area contributed by atoms with Crippen molar-refractivity contribution in [3.63, 3.8) is 0 Å². The van der Waals surface area contributed by atoms with Crippen LogP contribution in [-0.4, -0.2) is 13.2 Å². The first kappa shape index (κ1) is 20.0. The second-order valence-corrected chi connectivity index (χ2v) is 7.57. The smallest absolute Gasteiger partial charge is 0.142 e. The van der Waals surface area contributed by atoms with Gasteiger partial charge in [0.2, 0.25) is 0 Å². The maximum Gasteiger partial charge on any atom is 0.142 e. The van der Waals surface area contributed by atoms with Crippen LogP contribution in [0.2, 0.25) is 0 Å². The first-order valence-corrected chi connectivity index (χ1v) is 9.41. The third kappa shape index (κ3) is 5.87. The lowest BCUT2D eigenvalue weighted by molar-refractivity contribution is 0.290. The van der Waals surface area contributed by atoms with Gasteiger partial charge < -0.3 is 20.9 Å². The molecule has 142 valence electrons. The second-order valence-electron chi connectivity index (χ2n) is 7.57. The van der Waals surface area contributed by atoms with Gasteiger partial charge in [0.25, 0.3) is 0 Å². The Morgan fingerprint density at radius 2 is 1.08 bits per heavy atom. The summed E-state index contributed by atoms with van der Waals surface area (Å²) in [7, 11) is 0. The number of hydrogen-bond donors (Lipinski definition) is 2. The van der Waals surface area contributed by atoms with Gasteiger partial charge >= 0.3 is 0 Å². The van der Waals surface area contributed by atoms with Gasteiger partial charge in [0.15, 0.2) is 0 Å². The van der Waals surface area contributed by atoms with Crippen molar-refractivity contribution in [2.75, 3.05) is 24.7 Å². The summed E-state index contributed by atoms with van der Waals surface area (Å²) >= 11 is 0. The standard InChI is InChI=1S/C22H32N2O2/c1-15(2)9-11-25-21-13-17(5-7-19(21)23)18-6-8-20(24)22(14-18)26-12-10-16(3)4/h5-8,13-16H,9-12,23-24H2,1-4H3. The Balaban J connectivity index is 2.16. The van der Waals surface area contributed by atoms with Gasteiger partial charge in [-0.05, 0) is 60.1 Å². The normalized spacial score (nSPS) is 11.2. The van der Waals surface area contributed by atoms with E-state index >= 15 is 0 Å². The molecule has 0 amide bonds. The molecule has 2 aromatic rings. The fourth-order valence-electron chi connectivity index (χ4n) is 2.49. The van der Waals surface area contributed by atoms with E-state index in [1.54, 1.807) is 0 Å². The van der Waals surface area contributed by atoms with Gasteiger partial charge in [0, 0.05) is 0 Å². The third-order valence-electron chi connectivity index (χ3n) is 4.27. The van der Waals surface area contributed by atoms with Gasteiger partial charge in [0.05, 0.1) is 24.6 Å². The molecule has 26 heavy (non-hydrogen) atoms. The van der Waals surface area contributed by atoms with E-state index in [9.17, 15) is 0 Å². The molecule has 0 fully saturated rings. The predicted octanol–water partition coefficient (Wildman–Crippen LogP) is 5.37. The minimum Gasteiger partial charge on any atom is -0.491 e. The first-order valence-electron chi connectivity index (χ1n) is 9.41. The van der Waals surface area contributed by atoms with Crippen molar-refractivity contribution < 1.29 is 9.47 Å². The highest BCUT2D eigenvalue weighted by atomic mass is 16.5. The van der Waals surface area contributed by atoms with Crippen molar-refractivity contribution in [1.82, 2.24) is 0 Å². The summed E-state index contributed by atoms with van der Waals surface area (Å²) in [6.45, 7) is 10.0. The Morgan fingerprint density at radius 3 is 1.42 bits per heavy atom. The van der Waals surface area contributed by atoms with Crippen LogP contribution in [0.25, 0.3) is 11.1 Å². The maximum atomic E-state index is 6.06. The quantitative estimate of drug-likeness (QED) is 0.593. The summed E-state index contributed by atoms with van der Waals surface area (Å²) in [5.41, 5.74) is 15.5. The molecule has 4 N–H and O–H groups in total. The zero-order valence-electron chi connectivity index (χ0n) is 16.4. The highest BCUT2D eigenvalue weighted by Crippen LogP contribution is 2.33. The number of rotatable bonds is 9. The molecular weight excluding hydrogens is 324 g/mol. The molecule has 0 aliphatic carbocycles. The topological polar surface area (TPSA) is 70.5 Å². The van der Waals surface area contributed by atoms with E-state index in [1.165, 1.54) is 0 Å². The van der Waals surface area contributed by atoms with Gasteiger partial charge in [-0.2, -0.15) is 0 Å². The van der Waals surface area contributed by atoms with E-state index in [0.29, 0.717) is 36.4 Å². The largest absolute Gasteiger partial charge is 0.491 e. The monoisotopic (exact) mass is 356 g/mol. The van der Waals surface area contributed by atoms with Crippen molar-refractivity contribution >= 4 is 11.4 Å². The lowest BCUT2D eigenvalue weighted by atomic mass is 10.0. The van der Waals surface area contributed by atoms with E-state index in [2.05, 4.69) is 27.7 Å². The molecule has 2 rings (SSSR count). The molecule has 0 spiro atoms. The van der Waals surface area contributed by atoms with Crippen LogP contribution in [-0.2, 0) is 0 Å². The molecule has 0 saturated heterocycles. The molecule has 0 bridgehead atoms. The second kappa shape index (κ2) is 9.37. The van der Waals surface area contributed by atoms with Crippen LogP contribution in [0.4, 0.5) is 11.4 Å². The van der Waals surface area contributed by atoms with Crippen LogP contribution in [0.3, 0.4) is 0 Å². The van der Waals surface area contributed by atoms with E-state index < -0.39 is 0 Å². The lowest BCUT2D eigenvalue weighted by Crippen LogP contribution is -2.04. The molecule has 2 aromatic carbocycles. The molecule has 4 heteroatoms. The summed E-state index contributed by atoms with van der Waals surface area (Å²) in [5.74, 6) is 2.65. The number of nitrogens with two attached hydrogens (primary N) is 2. The van der Waals surface area contributed by atoms with Crippen LogP contribution in [0, 0.1) is 11.8 Å². The van der Waals surface area contributed by atoms with Gasteiger partial charge in [0.1, 0.15) is 11.5 Å². The summed E-state index contributed by atoms with van der Waals surface area (Å²) < 4.78 is 11.7. The molecule has 0 aromatic heterocycles. The van der Waals surface area contributed by atoms with Gasteiger partial charge in [-0.25, -0.2) is 0 Å². The number of ether oxygens (including phenoxy) is 2. The Morgan fingerprint density at radius 1 is 0.692 bits per heavy atom. The van der Waals surface area contributed by atoms with Crippen molar-refractivity contribution in [1.29, 1.82) is 0 Å². The summed E-state index contributed by atoms with van der Waals surface area (Å²) in [6, 6.07) is 11.7. The SMILES string of the molecule is CC(C)CCOc1cc(-c2ccc(N)c(OCCC(C)C)c2)ccc1N. The summed E-state index contributed by atoms with van der Waals surface area (Å²) in [5, 5.41) is 0. The van der Waals surface area contributed by atoms with Crippen LogP contribution >= 0.6 is 0 Å². The summed E-state index contributed by atoms with van der Waals surface area (Å²) in [4.78, 5) is 0. The van der Waals surface area contributed by atoms with Crippen LogP contribution < -0.4 is 20.9 Å². The van der Waals surface area contributed by atoms with Crippen molar-refractivity contribution in [2.45, 2.75) is 40.5 Å². The minimum absolute atomic E-state index is 0.599. The van der Waals surface area contributed by atoms with Gasteiger partial charge in [-0.15, -0.1) is 0 Å². The third-order valence-corrected chi connectivity index (χ3v) is 4.27. The molecule has 0 unspecified atom stereocenters. The van der Waals surface area contributed by atoms with E-state index in [-0.39, 0.29) is 0 Å². The lowest BCUT2D eigenvalue weighted by Gasteiger charge is -2.14. The number of anilines is 2. The maximum absolute atomic E-state index is 6.06. The fraction of sp³-hybridized carbons (Fsp3) is 0.455. The molecule has 0 radical (unpaired) electrons. The highest BCUT2D eigenvalue weighted by molar-refractivity contribution is 5.73. The van der Waals surface area contributed by atoms with E-state index in [0.717, 1.165) is 35.5 Å². The average Bonchev–Trinajstić information content (AvgIpc) is 2.57. The van der Waals surface area contributed by atoms with E-state index in [1.807, 2.05) is 36.4 Å². The number of nitrogen functional groups attached to an aromatic ring is 2. The van der Waals surface area contributed by atoms with Gasteiger partial charge in [-0.1, -0.05) is 39.8 Å². The van der Waals surface area contributed by atoms with E-state index in [4.69, 9.17) is 20.9 Å². The van der Waals surface area contributed by atoms with Gasteiger partial charge in [-0.3, -0.25) is 0 Å². The van der Waals surface area contributed by atoms with Crippen molar-refractivity contribution in [3.05, 3.63) is 36.4 Å². The molecular formula is C22H32N2O2. The first-order chi connectivity index (χ1) is 12.4. The zero-order valence-corrected chi connectivity index (χ0v) is 16.4. The number of hydrogen-bond acceptors (Lipinski definition) is 4. The Labute approximate surface area is 157 Å². The highest BCUT2D eigenvalue weighted by Gasteiger charge is 2.08. The van der Waals surface area contributed by atoms with Crippen molar-refractivity contribution in [3.8, 4) is 22.6 Å². The molecule has 0 aliphatic heterocycles. The molecule has 0 saturated carbocycles. The number of benzene rings is 2.